The van der Waals surface area contributed by atoms with Gasteiger partial charge in [0.1, 0.15) is 6.61 Å². The molecular formula is C9H18F2O2. The van der Waals surface area contributed by atoms with Gasteiger partial charge in [-0.2, -0.15) is 0 Å². The molecule has 13 heavy (non-hydrogen) atoms. The molecule has 0 spiro atoms. The van der Waals surface area contributed by atoms with Crippen molar-refractivity contribution < 1.29 is 18.6 Å². The van der Waals surface area contributed by atoms with Gasteiger partial charge in [-0.05, 0) is 12.8 Å². The van der Waals surface area contributed by atoms with E-state index >= 15 is 0 Å². The fourth-order valence-corrected chi connectivity index (χ4v) is 0.976. The van der Waals surface area contributed by atoms with Crippen LogP contribution in [-0.2, 0) is 4.74 Å². The molecule has 0 aromatic rings. The Hall–Kier alpha value is -0.220. The van der Waals surface area contributed by atoms with Gasteiger partial charge in [0.15, 0.2) is 0 Å². The predicted molar refractivity (Wildman–Crippen MR) is 47.0 cm³/mol. The van der Waals surface area contributed by atoms with Crippen molar-refractivity contribution in [3.8, 4) is 0 Å². The highest BCUT2D eigenvalue weighted by Crippen LogP contribution is 2.04. The third-order valence-corrected chi connectivity index (χ3v) is 1.73. The minimum atomic E-state index is -2.41. The molecule has 0 saturated carbocycles. The maximum atomic E-state index is 11.6. The summed E-state index contributed by atoms with van der Waals surface area (Å²) in [5.41, 5.74) is 0. The number of rotatable bonds is 8. The van der Waals surface area contributed by atoms with Gasteiger partial charge in [-0.1, -0.05) is 19.8 Å². The van der Waals surface area contributed by atoms with Gasteiger partial charge in [0.25, 0.3) is 6.43 Å². The monoisotopic (exact) mass is 196 g/mol. The van der Waals surface area contributed by atoms with Crippen molar-refractivity contribution in [2.24, 2.45) is 0 Å². The molecule has 0 amide bonds. The summed E-state index contributed by atoms with van der Waals surface area (Å²) in [6.07, 6.45) is 0.372. The van der Waals surface area contributed by atoms with Gasteiger partial charge in [0, 0.05) is 6.61 Å². The van der Waals surface area contributed by atoms with Crippen LogP contribution in [0, 0.1) is 0 Å². The van der Waals surface area contributed by atoms with Crippen molar-refractivity contribution >= 4 is 0 Å². The topological polar surface area (TPSA) is 29.5 Å². The largest absolute Gasteiger partial charge is 0.393 e. The zero-order valence-corrected chi connectivity index (χ0v) is 8.01. The Labute approximate surface area is 77.9 Å². The van der Waals surface area contributed by atoms with Crippen LogP contribution >= 0.6 is 0 Å². The molecule has 0 aromatic carbocycles. The smallest absolute Gasteiger partial charge is 0.261 e. The molecule has 0 radical (unpaired) electrons. The number of halogens is 2. The van der Waals surface area contributed by atoms with Crippen molar-refractivity contribution in [1.29, 1.82) is 0 Å². The van der Waals surface area contributed by atoms with Gasteiger partial charge in [-0.25, -0.2) is 8.78 Å². The lowest BCUT2D eigenvalue weighted by Gasteiger charge is -2.09. The molecule has 0 heterocycles. The summed E-state index contributed by atoms with van der Waals surface area (Å²) in [6, 6.07) is 0. The molecule has 4 heteroatoms. The second-order valence-corrected chi connectivity index (χ2v) is 3.05. The standard InChI is InChI=1S/C9H18F2O2/c1-2-3-4-8(12)5-6-13-7-9(10)11/h8-9,12H,2-7H2,1H3. The van der Waals surface area contributed by atoms with Gasteiger partial charge in [0.05, 0.1) is 6.10 Å². The van der Waals surface area contributed by atoms with Crippen LogP contribution in [0.3, 0.4) is 0 Å². The van der Waals surface area contributed by atoms with Gasteiger partial charge in [0.2, 0.25) is 0 Å². The van der Waals surface area contributed by atoms with Crippen LogP contribution in [-0.4, -0.2) is 30.8 Å². The van der Waals surface area contributed by atoms with Crippen LogP contribution in [0.1, 0.15) is 32.6 Å². The number of unbranched alkanes of at least 4 members (excludes halogenated alkanes) is 1. The summed E-state index contributed by atoms with van der Waals surface area (Å²) in [6.45, 7) is 1.73. The quantitative estimate of drug-likeness (QED) is 0.603. The molecule has 0 fully saturated rings. The number of ether oxygens (including phenoxy) is 1. The predicted octanol–water partition coefficient (Wildman–Crippen LogP) is 2.21. The van der Waals surface area contributed by atoms with E-state index in [1.165, 1.54) is 0 Å². The van der Waals surface area contributed by atoms with Crippen LogP contribution in [0.5, 0.6) is 0 Å². The number of aliphatic hydroxyl groups excluding tert-OH is 1. The van der Waals surface area contributed by atoms with E-state index in [9.17, 15) is 13.9 Å². The Balaban J connectivity index is 3.12. The maximum absolute atomic E-state index is 11.6. The van der Waals surface area contributed by atoms with E-state index in [2.05, 4.69) is 4.74 Å². The van der Waals surface area contributed by atoms with E-state index in [0.29, 0.717) is 6.42 Å². The van der Waals surface area contributed by atoms with Crippen molar-refractivity contribution in [3.63, 3.8) is 0 Å². The minimum absolute atomic E-state index is 0.217. The Kier molecular flexibility index (Phi) is 8.24. The molecule has 0 aliphatic carbocycles. The highest BCUT2D eigenvalue weighted by atomic mass is 19.3. The molecule has 1 N–H and O–H groups in total. The van der Waals surface area contributed by atoms with Crippen molar-refractivity contribution in [2.75, 3.05) is 13.2 Å². The molecule has 1 unspecified atom stereocenters. The molecule has 2 nitrogen and oxygen atoms in total. The van der Waals surface area contributed by atoms with Crippen LogP contribution in [0.25, 0.3) is 0 Å². The summed E-state index contributed by atoms with van der Waals surface area (Å²) < 4.78 is 27.8. The first-order valence-corrected chi connectivity index (χ1v) is 4.70. The van der Waals surface area contributed by atoms with Gasteiger partial charge < -0.3 is 9.84 Å². The van der Waals surface area contributed by atoms with Crippen LogP contribution in [0.15, 0.2) is 0 Å². The fourth-order valence-electron chi connectivity index (χ4n) is 0.976. The maximum Gasteiger partial charge on any atom is 0.261 e. The molecule has 1 atom stereocenters. The first-order chi connectivity index (χ1) is 6.16. The first kappa shape index (κ1) is 12.8. The van der Waals surface area contributed by atoms with Gasteiger partial charge in [-0.3, -0.25) is 0 Å². The Bertz CT molecular complexity index is 110. The van der Waals surface area contributed by atoms with Gasteiger partial charge in [-0.15, -0.1) is 0 Å². The van der Waals surface area contributed by atoms with E-state index in [-0.39, 0.29) is 6.61 Å². The molecule has 0 saturated heterocycles. The minimum Gasteiger partial charge on any atom is -0.393 e. The summed E-state index contributed by atoms with van der Waals surface area (Å²) in [4.78, 5) is 0. The van der Waals surface area contributed by atoms with Crippen LogP contribution in [0.2, 0.25) is 0 Å². The zero-order valence-electron chi connectivity index (χ0n) is 8.01. The number of alkyl halides is 2. The van der Waals surface area contributed by atoms with E-state index < -0.39 is 19.1 Å². The van der Waals surface area contributed by atoms with Crippen molar-refractivity contribution in [3.05, 3.63) is 0 Å². The van der Waals surface area contributed by atoms with Crippen LogP contribution < -0.4 is 0 Å². The van der Waals surface area contributed by atoms with E-state index in [4.69, 9.17) is 0 Å². The number of aliphatic hydroxyl groups is 1. The third kappa shape index (κ3) is 9.70. The zero-order chi connectivity index (χ0) is 10.1. The molecular weight excluding hydrogens is 178 g/mol. The fraction of sp³-hybridized carbons (Fsp3) is 1.00. The first-order valence-electron chi connectivity index (χ1n) is 4.70. The summed E-state index contributed by atoms with van der Waals surface area (Å²) in [5.74, 6) is 0. The lowest BCUT2D eigenvalue weighted by atomic mass is 10.1. The average Bonchev–Trinajstić information content (AvgIpc) is 2.08. The second kappa shape index (κ2) is 8.38. The lowest BCUT2D eigenvalue weighted by molar-refractivity contribution is 0.00405. The highest BCUT2D eigenvalue weighted by molar-refractivity contribution is 4.54. The van der Waals surface area contributed by atoms with E-state index in [1.807, 2.05) is 6.92 Å². The van der Waals surface area contributed by atoms with Gasteiger partial charge >= 0.3 is 0 Å². The SMILES string of the molecule is CCCCC(O)CCOCC(F)F. The molecule has 0 aromatic heterocycles. The summed E-state index contributed by atoms with van der Waals surface area (Å²) >= 11 is 0. The third-order valence-electron chi connectivity index (χ3n) is 1.73. The molecule has 0 rings (SSSR count). The highest BCUT2D eigenvalue weighted by Gasteiger charge is 2.05. The van der Waals surface area contributed by atoms with Crippen molar-refractivity contribution in [2.45, 2.75) is 45.1 Å². The molecule has 80 valence electrons. The number of hydrogen-bond donors (Lipinski definition) is 1. The normalized spacial score (nSPS) is 13.6. The molecule has 0 aliphatic heterocycles. The summed E-state index contributed by atoms with van der Waals surface area (Å²) in [5, 5.41) is 9.28. The van der Waals surface area contributed by atoms with Crippen molar-refractivity contribution in [1.82, 2.24) is 0 Å². The molecule has 0 bridgehead atoms. The Morgan fingerprint density at radius 3 is 2.54 bits per heavy atom. The summed E-state index contributed by atoms with van der Waals surface area (Å²) in [7, 11) is 0. The Morgan fingerprint density at radius 1 is 1.31 bits per heavy atom. The van der Waals surface area contributed by atoms with E-state index in [0.717, 1.165) is 19.3 Å². The van der Waals surface area contributed by atoms with Crippen LogP contribution in [0.4, 0.5) is 8.78 Å². The lowest BCUT2D eigenvalue weighted by Crippen LogP contribution is -2.12. The number of hydrogen-bond acceptors (Lipinski definition) is 2. The average molecular weight is 196 g/mol. The Morgan fingerprint density at radius 2 is 2.00 bits per heavy atom. The van der Waals surface area contributed by atoms with E-state index in [1.54, 1.807) is 0 Å². The second-order valence-electron chi connectivity index (χ2n) is 3.05. The molecule has 0 aliphatic rings.